The van der Waals surface area contributed by atoms with Gasteiger partial charge in [0.25, 0.3) is 0 Å². The van der Waals surface area contributed by atoms with Crippen LogP contribution in [0.15, 0.2) is 24.3 Å². The number of benzene rings is 1. The van der Waals surface area contributed by atoms with Crippen molar-refractivity contribution in [2.75, 3.05) is 5.73 Å². The van der Waals surface area contributed by atoms with Crippen molar-refractivity contribution < 1.29 is 13.5 Å². The quantitative estimate of drug-likeness (QED) is 0.934. The van der Waals surface area contributed by atoms with Crippen molar-refractivity contribution in [2.24, 2.45) is 7.05 Å². The van der Waals surface area contributed by atoms with E-state index in [-0.39, 0.29) is 11.7 Å². The van der Waals surface area contributed by atoms with Gasteiger partial charge in [0.15, 0.2) is 0 Å². The Hall–Kier alpha value is -2.11. The maximum atomic E-state index is 12.1. The lowest BCUT2D eigenvalue weighted by Gasteiger charge is -2.08. The number of hydrogen-bond donors (Lipinski definition) is 1. The predicted octanol–water partition coefficient (Wildman–Crippen LogP) is 3.39. The van der Waals surface area contributed by atoms with Crippen molar-refractivity contribution in [1.82, 2.24) is 9.78 Å². The number of nitrogens with zero attached hydrogens (tertiary/aromatic N) is 2. The summed E-state index contributed by atoms with van der Waals surface area (Å²) in [5.74, 6) is 0.888. The van der Waals surface area contributed by atoms with Gasteiger partial charge in [-0.05, 0) is 23.6 Å². The number of ether oxygens (including phenoxy) is 1. The summed E-state index contributed by atoms with van der Waals surface area (Å²) in [6.45, 7) is 1.23. The smallest absolute Gasteiger partial charge is 0.387 e. The third kappa shape index (κ3) is 2.74. The zero-order valence-corrected chi connectivity index (χ0v) is 11.6. The molecule has 4 nitrogen and oxygen atoms in total. The molecule has 2 N–H and O–H groups in total. The second-order valence-corrected chi connectivity index (χ2v) is 4.83. The molecule has 0 aliphatic carbocycles. The zero-order valence-electron chi connectivity index (χ0n) is 11.6. The molecule has 0 spiro atoms. The summed E-state index contributed by atoms with van der Waals surface area (Å²) in [6, 6.07) is 6.41. The summed E-state index contributed by atoms with van der Waals surface area (Å²) in [5, 5.41) is 4.40. The highest BCUT2D eigenvalue weighted by Crippen LogP contribution is 2.34. The van der Waals surface area contributed by atoms with Crippen molar-refractivity contribution in [2.45, 2.75) is 26.4 Å². The van der Waals surface area contributed by atoms with Gasteiger partial charge in [-0.15, -0.1) is 0 Å². The fraction of sp³-hybridized carbons (Fsp3) is 0.357. The lowest BCUT2D eigenvalue weighted by molar-refractivity contribution is -0.0498. The maximum Gasteiger partial charge on any atom is 0.387 e. The Bertz CT molecular complexity index is 591. The molecule has 0 unspecified atom stereocenters. The molecule has 0 amide bonds. The highest BCUT2D eigenvalue weighted by atomic mass is 19.3. The minimum atomic E-state index is -2.82. The van der Waals surface area contributed by atoms with Crippen molar-refractivity contribution in [3.8, 4) is 16.9 Å². The van der Waals surface area contributed by atoms with Crippen LogP contribution in [0, 0.1) is 0 Å². The summed E-state index contributed by atoms with van der Waals surface area (Å²) in [6.07, 6.45) is 0. The Balaban J connectivity index is 2.41. The van der Waals surface area contributed by atoms with Crippen LogP contribution in [0.25, 0.3) is 11.1 Å². The van der Waals surface area contributed by atoms with Crippen LogP contribution in [0.5, 0.6) is 5.75 Å². The standard InChI is InChI=1S/C14H17F2N3O/c1-8(2)12-11(13(17)19(3)18-12)9-4-6-10(7-5-9)20-14(15)16/h4-8,14H,17H2,1-3H3. The molecule has 0 fully saturated rings. The topological polar surface area (TPSA) is 53.1 Å². The van der Waals surface area contributed by atoms with Gasteiger partial charge in [0.2, 0.25) is 0 Å². The summed E-state index contributed by atoms with van der Waals surface area (Å²) in [7, 11) is 1.78. The van der Waals surface area contributed by atoms with Crippen LogP contribution >= 0.6 is 0 Å². The third-order valence-electron chi connectivity index (χ3n) is 3.03. The number of halogens is 2. The van der Waals surface area contributed by atoms with Gasteiger partial charge >= 0.3 is 6.61 Å². The molecule has 0 saturated heterocycles. The number of rotatable bonds is 4. The lowest BCUT2D eigenvalue weighted by atomic mass is 9.99. The SMILES string of the molecule is CC(C)c1nn(C)c(N)c1-c1ccc(OC(F)F)cc1. The first-order valence-corrected chi connectivity index (χ1v) is 6.27. The molecule has 0 radical (unpaired) electrons. The number of hydrogen-bond acceptors (Lipinski definition) is 3. The largest absolute Gasteiger partial charge is 0.435 e. The normalized spacial score (nSPS) is 11.3. The van der Waals surface area contributed by atoms with Crippen LogP contribution < -0.4 is 10.5 Å². The van der Waals surface area contributed by atoms with E-state index in [2.05, 4.69) is 9.84 Å². The van der Waals surface area contributed by atoms with Gasteiger partial charge in [-0.25, -0.2) is 0 Å². The van der Waals surface area contributed by atoms with Crippen molar-refractivity contribution in [3.05, 3.63) is 30.0 Å². The van der Waals surface area contributed by atoms with E-state index in [0.29, 0.717) is 5.82 Å². The molecule has 0 bridgehead atoms. The number of nitrogens with two attached hydrogens (primary N) is 1. The number of nitrogen functional groups attached to an aromatic ring is 1. The maximum absolute atomic E-state index is 12.1. The average Bonchev–Trinajstić information content (AvgIpc) is 2.67. The minimum Gasteiger partial charge on any atom is -0.435 e. The summed E-state index contributed by atoms with van der Waals surface area (Å²) < 4.78 is 30.2. The van der Waals surface area contributed by atoms with E-state index in [1.807, 2.05) is 13.8 Å². The van der Waals surface area contributed by atoms with E-state index in [1.54, 1.807) is 23.9 Å². The molecule has 1 aromatic carbocycles. The first-order chi connectivity index (χ1) is 9.40. The monoisotopic (exact) mass is 281 g/mol. The van der Waals surface area contributed by atoms with Crippen LogP contribution in [-0.2, 0) is 7.05 Å². The van der Waals surface area contributed by atoms with Gasteiger partial charge in [-0.3, -0.25) is 4.68 Å². The Morgan fingerprint density at radius 3 is 2.30 bits per heavy atom. The number of aromatic nitrogens is 2. The second kappa shape index (κ2) is 5.48. The Labute approximate surface area is 116 Å². The van der Waals surface area contributed by atoms with Crippen molar-refractivity contribution in [3.63, 3.8) is 0 Å². The summed E-state index contributed by atoms with van der Waals surface area (Å²) in [4.78, 5) is 0. The fourth-order valence-corrected chi connectivity index (χ4v) is 2.06. The van der Waals surface area contributed by atoms with Crippen molar-refractivity contribution in [1.29, 1.82) is 0 Å². The molecule has 0 aliphatic heterocycles. The van der Waals surface area contributed by atoms with Gasteiger partial charge < -0.3 is 10.5 Å². The summed E-state index contributed by atoms with van der Waals surface area (Å²) >= 11 is 0. The van der Waals surface area contributed by atoms with E-state index in [4.69, 9.17) is 5.73 Å². The van der Waals surface area contributed by atoms with E-state index in [9.17, 15) is 8.78 Å². The average molecular weight is 281 g/mol. The fourth-order valence-electron chi connectivity index (χ4n) is 2.06. The molecule has 1 heterocycles. The molecule has 2 rings (SSSR count). The van der Waals surface area contributed by atoms with Gasteiger partial charge in [-0.1, -0.05) is 26.0 Å². The van der Waals surface area contributed by atoms with E-state index < -0.39 is 6.61 Å². The van der Waals surface area contributed by atoms with Crippen LogP contribution in [0.2, 0.25) is 0 Å². The zero-order chi connectivity index (χ0) is 14.9. The Morgan fingerprint density at radius 2 is 1.80 bits per heavy atom. The number of anilines is 1. The molecular formula is C14H17F2N3O. The van der Waals surface area contributed by atoms with Gasteiger partial charge in [0.05, 0.1) is 5.69 Å². The highest BCUT2D eigenvalue weighted by molar-refractivity contribution is 5.77. The molecule has 20 heavy (non-hydrogen) atoms. The molecule has 1 aromatic heterocycles. The van der Waals surface area contributed by atoms with Crippen LogP contribution in [-0.4, -0.2) is 16.4 Å². The molecule has 2 aromatic rings. The van der Waals surface area contributed by atoms with Gasteiger partial charge in [-0.2, -0.15) is 13.9 Å². The van der Waals surface area contributed by atoms with Crippen molar-refractivity contribution >= 4 is 5.82 Å². The van der Waals surface area contributed by atoms with Gasteiger partial charge in [0, 0.05) is 12.6 Å². The Kier molecular flexibility index (Phi) is 3.92. The van der Waals surface area contributed by atoms with E-state index >= 15 is 0 Å². The molecule has 0 atom stereocenters. The predicted molar refractivity (Wildman–Crippen MR) is 73.8 cm³/mol. The van der Waals surface area contributed by atoms with Crippen LogP contribution in [0.1, 0.15) is 25.5 Å². The first-order valence-electron chi connectivity index (χ1n) is 6.27. The molecule has 6 heteroatoms. The second-order valence-electron chi connectivity index (χ2n) is 4.83. The minimum absolute atomic E-state index is 0.123. The molecule has 108 valence electrons. The van der Waals surface area contributed by atoms with Crippen LogP contribution in [0.4, 0.5) is 14.6 Å². The van der Waals surface area contributed by atoms with E-state index in [0.717, 1.165) is 16.8 Å². The highest BCUT2D eigenvalue weighted by Gasteiger charge is 2.18. The number of aryl methyl sites for hydroxylation is 1. The molecular weight excluding hydrogens is 264 g/mol. The van der Waals surface area contributed by atoms with Crippen LogP contribution in [0.3, 0.4) is 0 Å². The number of alkyl halides is 2. The molecule has 0 aliphatic rings. The molecule has 0 saturated carbocycles. The Morgan fingerprint density at radius 1 is 1.20 bits per heavy atom. The third-order valence-corrected chi connectivity index (χ3v) is 3.03. The van der Waals surface area contributed by atoms with Gasteiger partial charge in [0.1, 0.15) is 11.6 Å². The summed E-state index contributed by atoms with van der Waals surface area (Å²) in [5.41, 5.74) is 8.60. The lowest BCUT2D eigenvalue weighted by Crippen LogP contribution is -2.01. The first kappa shape index (κ1) is 14.3. The van der Waals surface area contributed by atoms with E-state index in [1.165, 1.54) is 12.1 Å².